The van der Waals surface area contributed by atoms with Crippen LogP contribution in [-0.4, -0.2) is 23.0 Å². The molecular formula is C17H21NO3. The molecule has 112 valence electrons. The molecule has 2 N–H and O–H groups in total. The Balaban J connectivity index is 1.59. The molecule has 1 aromatic rings. The third-order valence-corrected chi connectivity index (χ3v) is 4.97. The first-order valence-electron chi connectivity index (χ1n) is 7.71. The van der Waals surface area contributed by atoms with Crippen molar-refractivity contribution in [2.45, 2.75) is 51.0 Å². The standard InChI is InChI=1S/C17H21NO3/c19-15(10-12-6-2-3-7-13(12)16(20)21)18-14-11-17(14)8-4-1-5-9-17/h2-3,6-7,14H,1,4-5,8-11H2,(H,18,19)(H,20,21)/t14-/m1/s1. The quantitative estimate of drug-likeness (QED) is 0.895. The number of carboxylic acid groups (broad SMARTS) is 1. The molecule has 3 rings (SSSR count). The lowest BCUT2D eigenvalue weighted by molar-refractivity contribution is -0.120. The van der Waals surface area contributed by atoms with Crippen LogP contribution in [-0.2, 0) is 11.2 Å². The van der Waals surface area contributed by atoms with Gasteiger partial charge in [0.25, 0.3) is 0 Å². The Kier molecular flexibility index (Phi) is 3.70. The van der Waals surface area contributed by atoms with E-state index in [1.165, 1.54) is 32.1 Å². The number of nitrogens with one attached hydrogen (secondary N) is 1. The van der Waals surface area contributed by atoms with Crippen molar-refractivity contribution in [1.29, 1.82) is 0 Å². The maximum atomic E-state index is 12.2. The van der Waals surface area contributed by atoms with Crippen LogP contribution in [0.2, 0.25) is 0 Å². The molecule has 0 heterocycles. The van der Waals surface area contributed by atoms with E-state index in [9.17, 15) is 9.59 Å². The molecule has 21 heavy (non-hydrogen) atoms. The summed E-state index contributed by atoms with van der Waals surface area (Å²) in [5, 5.41) is 12.2. The van der Waals surface area contributed by atoms with Gasteiger partial charge in [-0.05, 0) is 36.3 Å². The summed E-state index contributed by atoms with van der Waals surface area (Å²) in [4.78, 5) is 23.3. The van der Waals surface area contributed by atoms with E-state index in [0.717, 1.165) is 6.42 Å². The van der Waals surface area contributed by atoms with Gasteiger partial charge in [-0.3, -0.25) is 4.79 Å². The van der Waals surface area contributed by atoms with Gasteiger partial charge >= 0.3 is 5.97 Å². The maximum absolute atomic E-state index is 12.2. The Hall–Kier alpha value is -1.84. The molecular weight excluding hydrogens is 266 g/mol. The predicted molar refractivity (Wildman–Crippen MR) is 79.2 cm³/mol. The molecule has 0 aromatic heterocycles. The number of hydrogen-bond donors (Lipinski definition) is 2. The first-order valence-corrected chi connectivity index (χ1v) is 7.71. The van der Waals surface area contributed by atoms with E-state index in [-0.39, 0.29) is 17.9 Å². The van der Waals surface area contributed by atoms with Crippen LogP contribution in [0.4, 0.5) is 0 Å². The van der Waals surface area contributed by atoms with Crippen LogP contribution in [0.1, 0.15) is 54.4 Å². The van der Waals surface area contributed by atoms with Crippen LogP contribution in [0.15, 0.2) is 24.3 Å². The van der Waals surface area contributed by atoms with Crippen molar-refractivity contribution in [3.63, 3.8) is 0 Å². The fourth-order valence-electron chi connectivity index (χ4n) is 3.66. The van der Waals surface area contributed by atoms with Crippen molar-refractivity contribution >= 4 is 11.9 Å². The normalized spacial score (nSPS) is 22.8. The van der Waals surface area contributed by atoms with Crippen LogP contribution in [0.25, 0.3) is 0 Å². The van der Waals surface area contributed by atoms with Gasteiger partial charge in [-0.15, -0.1) is 0 Å². The summed E-state index contributed by atoms with van der Waals surface area (Å²) in [6.07, 6.45) is 7.55. The minimum Gasteiger partial charge on any atom is -0.478 e. The van der Waals surface area contributed by atoms with E-state index in [4.69, 9.17) is 5.11 Å². The van der Waals surface area contributed by atoms with Crippen LogP contribution in [0, 0.1) is 5.41 Å². The Bertz CT molecular complexity index is 561. The molecule has 2 fully saturated rings. The number of carbonyl (C=O) groups is 2. The number of rotatable bonds is 4. The van der Waals surface area contributed by atoms with Gasteiger partial charge in [0.15, 0.2) is 0 Å². The van der Waals surface area contributed by atoms with Crippen molar-refractivity contribution in [3.8, 4) is 0 Å². The lowest BCUT2D eigenvalue weighted by Gasteiger charge is -2.22. The van der Waals surface area contributed by atoms with Gasteiger partial charge in [-0.2, -0.15) is 0 Å². The number of aromatic carboxylic acids is 1. The predicted octanol–water partition coefficient (Wildman–Crippen LogP) is 2.77. The molecule has 4 heteroatoms. The van der Waals surface area contributed by atoms with Gasteiger partial charge in [-0.25, -0.2) is 4.79 Å². The Labute approximate surface area is 124 Å². The summed E-state index contributed by atoms with van der Waals surface area (Å²) >= 11 is 0. The van der Waals surface area contributed by atoms with Crippen LogP contribution in [0.5, 0.6) is 0 Å². The van der Waals surface area contributed by atoms with Gasteiger partial charge in [0, 0.05) is 6.04 Å². The number of benzene rings is 1. The van der Waals surface area contributed by atoms with Gasteiger partial charge in [-0.1, -0.05) is 37.5 Å². The fourth-order valence-corrected chi connectivity index (χ4v) is 3.66. The van der Waals surface area contributed by atoms with Crippen LogP contribution >= 0.6 is 0 Å². The lowest BCUT2D eigenvalue weighted by Crippen LogP contribution is -2.32. The van der Waals surface area contributed by atoms with Crippen molar-refractivity contribution in [2.75, 3.05) is 0 Å². The lowest BCUT2D eigenvalue weighted by atomic mass is 9.86. The molecule has 0 unspecified atom stereocenters. The molecule has 0 aliphatic heterocycles. The van der Waals surface area contributed by atoms with Crippen molar-refractivity contribution in [1.82, 2.24) is 5.32 Å². The average molecular weight is 287 g/mol. The Morgan fingerprint density at radius 3 is 2.62 bits per heavy atom. The number of amides is 1. The van der Waals surface area contributed by atoms with Crippen LogP contribution in [0.3, 0.4) is 0 Å². The number of carbonyl (C=O) groups excluding carboxylic acids is 1. The second-order valence-corrected chi connectivity index (χ2v) is 6.39. The monoisotopic (exact) mass is 287 g/mol. The molecule has 0 saturated heterocycles. The van der Waals surface area contributed by atoms with Gasteiger partial charge in [0.1, 0.15) is 0 Å². The molecule has 1 amide bonds. The molecule has 1 atom stereocenters. The third-order valence-electron chi connectivity index (χ3n) is 4.97. The Morgan fingerprint density at radius 1 is 1.19 bits per heavy atom. The van der Waals surface area contributed by atoms with Crippen molar-refractivity contribution in [2.24, 2.45) is 5.41 Å². The number of carboxylic acids is 1. The fraction of sp³-hybridized carbons (Fsp3) is 0.529. The molecule has 1 aromatic carbocycles. The molecule has 4 nitrogen and oxygen atoms in total. The molecule has 1 spiro atoms. The summed E-state index contributed by atoms with van der Waals surface area (Å²) in [7, 11) is 0. The van der Waals surface area contributed by atoms with E-state index >= 15 is 0 Å². The van der Waals surface area contributed by atoms with E-state index in [1.54, 1.807) is 24.3 Å². The Morgan fingerprint density at radius 2 is 1.90 bits per heavy atom. The highest BCUT2D eigenvalue weighted by Gasteiger charge is 2.54. The average Bonchev–Trinajstić information content (AvgIpc) is 3.11. The van der Waals surface area contributed by atoms with Crippen molar-refractivity contribution in [3.05, 3.63) is 35.4 Å². The molecule has 0 bridgehead atoms. The van der Waals surface area contributed by atoms with Gasteiger partial charge < -0.3 is 10.4 Å². The molecule has 2 aliphatic carbocycles. The SMILES string of the molecule is O=C(Cc1ccccc1C(=O)O)N[C@@H]1CC12CCCCC2. The molecule has 2 saturated carbocycles. The summed E-state index contributed by atoms with van der Waals surface area (Å²) < 4.78 is 0. The highest BCUT2D eigenvalue weighted by molar-refractivity contribution is 5.91. The van der Waals surface area contributed by atoms with Gasteiger partial charge in [0.05, 0.1) is 12.0 Å². The van der Waals surface area contributed by atoms with E-state index < -0.39 is 5.97 Å². The first kappa shape index (κ1) is 14.1. The highest BCUT2D eigenvalue weighted by atomic mass is 16.4. The second-order valence-electron chi connectivity index (χ2n) is 6.39. The smallest absolute Gasteiger partial charge is 0.335 e. The van der Waals surface area contributed by atoms with E-state index in [0.29, 0.717) is 17.0 Å². The van der Waals surface area contributed by atoms with Crippen LogP contribution < -0.4 is 5.32 Å². The van der Waals surface area contributed by atoms with E-state index in [2.05, 4.69) is 5.32 Å². The second kappa shape index (κ2) is 5.51. The molecule has 2 aliphatic rings. The summed E-state index contributed by atoms with van der Waals surface area (Å²) in [5.74, 6) is -1.04. The third kappa shape index (κ3) is 2.94. The highest BCUT2D eigenvalue weighted by Crippen LogP contribution is 2.56. The zero-order chi connectivity index (χ0) is 14.9. The van der Waals surface area contributed by atoms with Crippen molar-refractivity contribution < 1.29 is 14.7 Å². The minimum absolute atomic E-state index is 0.0591. The topological polar surface area (TPSA) is 66.4 Å². The zero-order valence-corrected chi connectivity index (χ0v) is 12.1. The number of hydrogen-bond acceptors (Lipinski definition) is 2. The maximum Gasteiger partial charge on any atom is 0.335 e. The molecule has 0 radical (unpaired) electrons. The summed E-state index contributed by atoms with van der Waals surface area (Å²) in [5.41, 5.74) is 1.16. The summed E-state index contributed by atoms with van der Waals surface area (Å²) in [6.45, 7) is 0. The zero-order valence-electron chi connectivity index (χ0n) is 12.1. The summed E-state index contributed by atoms with van der Waals surface area (Å²) in [6, 6.07) is 7.02. The minimum atomic E-state index is -0.978. The van der Waals surface area contributed by atoms with E-state index in [1.807, 2.05) is 0 Å². The largest absolute Gasteiger partial charge is 0.478 e. The first-order chi connectivity index (χ1) is 10.1. The van der Waals surface area contributed by atoms with Gasteiger partial charge in [0.2, 0.25) is 5.91 Å².